The van der Waals surface area contributed by atoms with E-state index in [-0.39, 0.29) is 0 Å². The van der Waals surface area contributed by atoms with Crippen molar-refractivity contribution in [2.75, 3.05) is 0 Å². The summed E-state index contributed by atoms with van der Waals surface area (Å²) in [5, 5.41) is 1.95. The highest BCUT2D eigenvalue weighted by atomic mass is 32.1. The fourth-order valence-corrected chi connectivity index (χ4v) is 1.38. The lowest BCUT2D eigenvalue weighted by Gasteiger charge is -1.90. The summed E-state index contributed by atoms with van der Waals surface area (Å²) in [7, 11) is 0. The minimum Gasteiger partial charge on any atom is -0.255 e. The molecule has 0 radical (unpaired) electrons. The average Bonchev–Trinajstić information content (AvgIpc) is 2.58. The minimum absolute atomic E-state index is 0.939. The summed E-state index contributed by atoms with van der Waals surface area (Å²) in [6, 6.07) is 7.78. The van der Waals surface area contributed by atoms with Crippen molar-refractivity contribution in [3.05, 3.63) is 35.8 Å². The van der Waals surface area contributed by atoms with Crippen molar-refractivity contribution in [2.24, 2.45) is 0 Å². The van der Waals surface area contributed by atoms with Crippen molar-refractivity contribution >= 4 is 11.5 Å². The molecule has 2 aromatic rings. The number of aromatic nitrogens is 2. The predicted molar refractivity (Wildman–Crippen MR) is 45.3 cm³/mol. The van der Waals surface area contributed by atoms with Crippen molar-refractivity contribution in [3.8, 4) is 11.4 Å². The Morgan fingerprint density at radius 2 is 2.09 bits per heavy atom. The Morgan fingerprint density at radius 1 is 1.09 bits per heavy atom. The number of hydrogen-bond donors (Lipinski definition) is 0. The second-order valence-corrected chi connectivity index (χ2v) is 2.77. The van der Waals surface area contributed by atoms with Crippen LogP contribution in [0.15, 0.2) is 35.8 Å². The zero-order valence-electron chi connectivity index (χ0n) is 5.77. The summed E-state index contributed by atoms with van der Waals surface area (Å²) in [4.78, 5) is 4.17. The van der Waals surface area contributed by atoms with Gasteiger partial charge in [0.15, 0.2) is 0 Å². The second kappa shape index (κ2) is 2.80. The van der Waals surface area contributed by atoms with Gasteiger partial charge in [0, 0.05) is 11.6 Å². The third kappa shape index (κ3) is 1.28. The van der Waals surface area contributed by atoms with Crippen LogP contribution in [0.3, 0.4) is 0 Å². The standard InChI is InChI=1S/C8H6N2S/c1-2-5-9-7(3-1)8-4-6-11-10-8/h1-6H. The van der Waals surface area contributed by atoms with Crippen LogP contribution in [-0.4, -0.2) is 9.36 Å². The van der Waals surface area contributed by atoms with Gasteiger partial charge in [-0.1, -0.05) is 6.07 Å². The Morgan fingerprint density at radius 3 is 2.73 bits per heavy atom. The topological polar surface area (TPSA) is 25.8 Å². The van der Waals surface area contributed by atoms with Gasteiger partial charge in [-0.05, 0) is 29.7 Å². The Kier molecular flexibility index (Phi) is 1.65. The molecule has 0 saturated heterocycles. The first kappa shape index (κ1) is 6.49. The Balaban J connectivity index is 2.46. The minimum atomic E-state index is 0.939. The van der Waals surface area contributed by atoms with Gasteiger partial charge in [-0.15, -0.1) is 0 Å². The molecule has 0 aliphatic heterocycles. The van der Waals surface area contributed by atoms with Crippen LogP contribution in [0.4, 0.5) is 0 Å². The molecular weight excluding hydrogens is 156 g/mol. The third-order valence-electron chi connectivity index (χ3n) is 1.37. The largest absolute Gasteiger partial charge is 0.255 e. The zero-order valence-corrected chi connectivity index (χ0v) is 6.58. The van der Waals surface area contributed by atoms with Crippen LogP contribution in [0.25, 0.3) is 11.4 Å². The number of pyridine rings is 1. The smallest absolute Gasteiger partial charge is 0.102 e. The van der Waals surface area contributed by atoms with Gasteiger partial charge >= 0.3 is 0 Å². The molecule has 2 aromatic heterocycles. The van der Waals surface area contributed by atoms with Gasteiger partial charge in [0.2, 0.25) is 0 Å². The molecule has 3 heteroatoms. The van der Waals surface area contributed by atoms with E-state index in [0.717, 1.165) is 11.4 Å². The van der Waals surface area contributed by atoms with E-state index in [1.54, 1.807) is 6.20 Å². The number of hydrogen-bond acceptors (Lipinski definition) is 3. The van der Waals surface area contributed by atoms with Crippen molar-refractivity contribution in [3.63, 3.8) is 0 Å². The molecule has 0 aliphatic carbocycles. The van der Waals surface area contributed by atoms with Gasteiger partial charge in [-0.2, -0.15) is 4.37 Å². The molecular formula is C8H6N2S. The van der Waals surface area contributed by atoms with Gasteiger partial charge < -0.3 is 0 Å². The van der Waals surface area contributed by atoms with Crippen molar-refractivity contribution in [1.29, 1.82) is 0 Å². The van der Waals surface area contributed by atoms with Crippen molar-refractivity contribution in [2.45, 2.75) is 0 Å². The molecule has 11 heavy (non-hydrogen) atoms. The fraction of sp³-hybridized carbons (Fsp3) is 0. The van der Waals surface area contributed by atoms with E-state index in [4.69, 9.17) is 0 Å². The van der Waals surface area contributed by atoms with Gasteiger partial charge in [-0.3, -0.25) is 4.98 Å². The Labute approximate surface area is 68.7 Å². The molecule has 54 valence electrons. The summed E-state index contributed by atoms with van der Waals surface area (Å²) >= 11 is 1.44. The first-order valence-electron chi connectivity index (χ1n) is 3.28. The van der Waals surface area contributed by atoms with Crippen LogP contribution in [0.1, 0.15) is 0 Å². The van der Waals surface area contributed by atoms with Crippen molar-refractivity contribution in [1.82, 2.24) is 9.36 Å². The van der Waals surface area contributed by atoms with E-state index in [0.29, 0.717) is 0 Å². The lowest BCUT2D eigenvalue weighted by atomic mass is 10.3. The molecule has 0 unspecified atom stereocenters. The van der Waals surface area contributed by atoms with Crippen LogP contribution in [-0.2, 0) is 0 Å². The van der Waals surface area contributed by atoms with Gasteiger partial charge in [-0.25, -0.2) is 0 Å². The van der Waals surface area contributed by atoms with E-state index in [1.165, 1.54) is 11.5 Å². The molecule has 0 fully saturated rings. The van der Waals surface area contributed by atoms with E-state index in [1.807, 2.05) is 29.6 Å². The molecule has 0 aliphatic rings. The molecule has 0 amide bonds. The maximum Gasteiger partial charge on any atom is 0.102 e. The normalized spacial score (nSPS) is 9.82. The first-order valence-corrected chi connectivity index (χ1v) is 4.12. The monoisotopic (exact) mass is 162 g/mol. The van der Waals surface area contributed by atoms with E-state index in [9.17, 15) is 0 Å². The predicted octanol–water partition coefficient (Wildman–Crippen LogP) is 2.21. The molecule has 0 saturated carbocycles. The maximum atomic E-state index is 4.17. The van der Waals surface area contributed by atoms with E-state index < -0.39 is 0 Å². The summed E-state index contributed by atoms with van der Waals surface area (Å²) in [5.74, 6) is 0. The summed E-state index contributed by atoms with van der Waals surface area (Å²) < 4.78 is 4.17. The van der Waals surface area contributed by atoms with Crippen LogP contribution in [0.2, 0.25) is 0 Å². The molecule has 0 spiro atoms. The lowest BCUT2D eigenvalue weighted by Crippen LogP contribution is -1.79. The summed E-state index contributed by atoms with van der Waals surface area (Å²) in [6.45, 7) is 0. The number of rotatable bonds is 1. The Bertz CT molecular complexity index is 315. The zero-order chi connectivity index (χ0) is 7.52. The van der Waals surface area contributed by atoms with E-state index in [2.05, 4.69) is 9.36 Å². The molecule has 0 atom stereocenters. The highest BCUT2D eigenvalue weighted by molar-refractivity contribution is 7.03. The maximum absolute atomic E-state index is 4.17. The van der Waals surface area contributed by atoms with Gasteiger partial charge in [0.1, 0.15) is 5.69 Å². The fourth-order valence-electron chi connectivity index (χ4n) is 0.859. The summed E-state index contributed by atoms with van der Waals surface area (Å²) in [5.41, 5.74) is 1.89. The Hall–Kier alpha value is -1.22. The van der Waals surface area contributed by atoms with Crippen LogP contribution in [0, 0.1) is 0 Å². The summed E-state index contributed by atoms with van der Waals surface area (Å²) in [6.07, 6.45) is 1.77. The van der Waals surface area contributed by atoms with E-state index >= 15 is 0 Å². The third-order valence-corrected chi connectivity index (χ3v) is 1.93. The second-order valence-electron chi connectivity index (χ2n) is 2.10. The molecule has 2 heterocycles. The van der Waals surface area contributed by atoms with Crippen LogP contribution >= 0.6 is 11.5 Å². The van der Waals surface area contributed by atoms with Crippen LogP contribution in [0.5, 0.6) is 0 Å². The molecule has 2 rings (SSSR count). The molecule has 0 bridgehead atoms. The number of nitrogens with zero attached hydrogens (tertiary/aromatic N) is 2. The lowest BCUT2D eigenvalue weighted by molar-refractivity contribution is 1.30. The SMILES string of the molecule is c1ccc(-c2ccsn2)nc1. The first-order chi connectivity index (χ1) is 5.47. The quantitative estimate of drug-likeness (QED) is 0.642. The molecule has 0 aromatic carbocycles. The van der Waals surface area contributed by atoms with Crippen molar-refractivity contribution < 1.29 is 0 Å². The average molecular weight is 162 g/mol. The highest BCUT2D eigenvalue weighted by Crippen LogP contribution is 2.14. The van der Waals surface area contributed by atoms with Gasteiger partial charge in [0.25, 0.3) is 0 Å². The van der Waals surface area contributed by atoms with Gasteiger partial charge in [0.05, 0.1) is 5.69 Å². The highest BCUT2D eigenvalue weighted by Gasteiger charge is 1.97. The van der Waals surface area contributed by atoms with Crippen LogP contribution < -0.4 is 0 Å². The molecule has 0 N–H and O–H groups in total. The molecule has 2 nitrogen and oxygen atoms in total.